The Morgan fingerprint density at radius 2 is 1.74 bits per heavy atom. The lowest BCUT2D eigenvalue weighted by Crippen LogP contribution is -2.05. The number of hydrogen-bond acceptors (Lipinski definition) is 1. The molecule has 0 bridgehead atoms. The highest BCUT2D eigenvalue weighted by Crippen LogP contribution is 2.30. The molecule has 2 aromatic rings. The summed E-state index contributed by atoms with van der Waals surface area (Å²) >= 11 is 12.1. The van der Waals surface area contributed by atoms with Crippen molar-refractivity contribution in [1.29, 1.82) is 0 Å². The molecule has 0 aliphatic rings. The minimum Gasteiger partial charge on any atom is -0.388 e. The van der Waals surface area contributed by atoms with Gasteiger partial charge in [-0.1, -0.05) is 53.5 Å². The molecule has 0 radical (unpaired) electrons. The van der Waals surface area contributed by atoms with Gasteiger partial charge in [-0.25, -0.2) is 0 Å². The number of aliphatic hydroxyl groups is 1. The molecule has 100 valence electrons. The molecule has 0 aromatic heterocycles. The average Bonchev–Trinajstić information content (AvgIpc) is 2.38. The Bertz CT molecular complexity index is 593. The van der Waals surface area contributed by atoms with E-state index in [2.05, 4.69) is 0 Å². The van der Waals surface area contributed by atoms with E-state index in [0.29, 0.717) is 16.5 Å². The fourth-order valence-electron chi connectivity index (χ4n) is 2.16. The van der Waals surface area contributed by atoms with Crippen molar-refractivity contribution in [2.75, 3.05) is 0 Å². The first-order valence-electron chi connectivity index (χ1n) is 6.17. The van der Waals surface area contributed by atoms with Gasteiger partial charge in [0.2, 0.25) is 0 Å². The van der Waals surface area contributed by atoms with Crippen molar-refractivity contribution in [3.8, 4) is 0 Å². The number of benzene rings is 2. The van der Waals surface area contributed by atoms with Crippen LogP contribution in [0.5, 0.6) is 0 Å². The number of aryl methyl sites for hydroxylation is 1. The Morgan fingerprint density at radius 1 is 1.05 bits per heavy atom. The lowest BCUT2D eigenvalue weighted by Gasteiger charge is -2.16. The number of aliphatic hydroxyl groups excluding tert-OH is 1. The molecule has 2 aromatic carbocycles. The summed E-state index contributed by atoms with van der Waals surface area (Å²) < 4.78 is 0. The topological polar surface area (TPSA) is 20.2 Å². The van der Waals surface area contributed by atoms with Crippen molar-refractivity contribution in [3.05, 3.63) is 68.7 Å². The number of halogens is 2. The standard InChI is InChI=1S/C16H16Cl2O/c1-10-5-3-7-13(11(10)2)15(19)9-12-6-4-8-14(17)16(12)18/h3-8,15,19H,9H2,1-2H3. The van der Waals surface area contributed by atoms with Gasteiger partial charge in [-0.3, -0.25) is 0 Å². The predicted molar refractivity (Wildman–Crippen MR) is 81.0 cm³/mol. The first kappa shape index (κ1) is 14.4. The molecule has 0 fully saturated rings. The molecule has 0 heterocycles. The summed E-state index contributed by atoms with van der Waals surface area (Å²) in [5.41, 5.74) is 4.10. The molecule has 0 spiro atoms. The van der Waals surface area contributed by atoms with Crippen LogP contribution < -0.4 is 0 Å². The molecule has 0 aliphatic carbocycles. The molecule has 1 atom stereocenters. The van der Waals surface area contributed by atoms with E-state index in [1.54, 1.807) is 6.07 Å². The van der Waals surface area contributed by atoms with E-state index in [4.69, 9.17) is 23.2 Å². The highest BCUT2D eigenvalue weighted by molar-refractivity contribution is 6.42. The smallest absolute Gasteiger partial charge is 0.0833 e. The van der Waals surface area contributed by atoms with Crippen molar-refractivity contribution in [1.82, 2.24) is 0 Å². The van der Waals surface area contributed by atoms with Crippen LogP contribution in [0.1, 0.15) is 28.4 Å². The van der Waals surface area contributed by atoms with Crippen LogP contribution in [0.25, 0.3) is 0 Å². The summed E-state index contributed by atoms with van der Waals surface area (Å²) in [6.45, 7) is 4.06. The fourth-order valence-corrected chi connectivity index (χ4v) is 2.56. The van der Waals surface area contributed by atoms with Crippen LogP contribution >= 0.6 is 23.2 Å². The summed E-state index contributed by atoms with van der Waals surface area (Å²) in [4.78, 5) is 0. The number of rotatable bonds is 3. The molecule has 0 saturated heterocycles. The third kappa shape index (κ3) is 3.11. The number of hydrogen-bond donors (Lipinski definition) is 1. The van der Waals surface area contributed by atoms with Crippen molar-refractivity contribution >= 4 is 23.2 Å². The van der Waals surface area contributed by atoms with Gasteiger partial charge in [0.05, 0.1) is 16.1 Å². The van der Waals surface area contributed by atoms with Gasteiger partial charge in [0.1, 0.15) is 0 Å². The molecule has 0 saturated carbocycles. The maximum Gasteiger partial charge on any atom is 0.0833 e. The molecule has 19 heavy (non-hydrogen) atoms. The van der Waals surface area contributed by atoms with E-state index >= 15 is 0 Å². The average molecular weight is 295 g/mol. The summed E-state index contributed by atoms with van der Waals surface area (Å²) in [5.74, 6) is 0. The van der Waals surface area contributed by atoms with Crippen molar-refractivity contribution in [3.63, 3.8) is 0 Å². The summed E-state index contributed by atoms with van der Waals surface area (Å²) in [6, 6.07) is 11.4. The van der Waals surface area contributed by atoms with Gasteiger partial charge in [0.15, 0.2) is 0 Å². The second-order valence-corrected chi connectivity index (χ2v) is 5.51. The maximum absolute atomic E-state index is 10.4. The monoisotopic (exact) mass is 294 g/mol. The van der Waals surface area contributed by atoms with Crippen molar-refractivity contribution in [2.45, 2.75) is 26.4 Å². The van der Waals surface area contributed by atoms with Crippen LogP contribution in [0.2, 0.25) is 10.0 Å². The van der Waals surface area contributed by atoms with Crippen LogP contribution in [0.3, 0.4) is 0 Å². The van der Waals surface area contributed by atoms with Crippen LogP contribution in [0.15, 0.2) is 36.4 Å². The molecule has 1 nitrogen and oxygen atoms in total. The van der Waals surface area contributed by atoms with Crippen LogP contribution in [0.4, 0.5) is 0 Å². The van der Waals surface area contributed by atoms with E-state index in [-0.39, 0.29) is 0 Å². The summed E-state index contributed by atoms with van der Waals surface area (Å²) in [5, 5.41) is 11.4. The van der Waals surface area contributed by atoms with E-state index in [0.717, 1.165) is 16.7 Å². The minimum absolute atomic E-state index is 0.462. The van der Waals surface area contributed by atoms with E-state index in [1.165, 1.54) is 5.56 Å². The van der Waals surface area contributed by atoms with Gasteiger partial charge in [0.25, 0.3) is 0 Å². The Balaban J connectivity index is 2.28. The Morgan fingerprint density at radius 3 is 2.47 bits per heavy atom. The SMILES string of the molecule is Cc1cccc(C(O)Cc2cccc(Cl)c2Cl)c1C. The van der Waals surface area contributed by atoms with Crippen molar-refractivity contribution in [2.24, 2.45) is 0 Å². The Kier molecular flexibility index (Phi) is 4.51. The molecular formula is C16H16Cl2O. The fraction of sp³-hybridized carbons (Fsp3) is 0.250. The maximum atomic E-state index is 10.4. The summed E-state index contributed by atoms with van der Waals surface area (Å²) in [6.07, 6.45) is -0.111. The quantitative estimate of drug-likeness (QED) is 0.855. The zero-order chi connectivity index (χ0) is 14.0. The predicted octanol–water partition coefficient (Wildman–Crippen LogP) is 4.89. The largest absolute Gasteiger partial charge is 0.388 e. The van der Waals surface area contributed by atoms with Gasteiger partial charge >= 0.3 is 0 Å². The van der Waals surface area contributed by atoms with Gasteiger partial charge in [-0.15, -0.1) is 0 Å². The lowest BCUT2D eigenvalue weighted by molar-refractivity contribution is 0.177. The first-order chi connectivity index (χ1) is 9.00. The molecule has 2 rings (SSSR count). The molecule has 0 aliphatic heterocycles. The second-order valence-electron chi connectivity index (χ2n) is 4.72. The van der Waals surface area contributed by atoms with Gasteiger partial charge in [-0.2, -0.15) is 0 Å². The van der Waals surface area contributed by atoms with Crippen molar-refractivity contribution < 1.29 is 5.11 Å². The molecule has 1 N–H and O–H groups in total. The Labute approximate surface area is 123 Å². The zero-order valence-corrected chi connectivity index (χ0v) is 12.5. The van der Waals surface area contributed by atoms with E-state index in [9.17, 15) is 5.11 Å². The van der Waals surface area contributed by atoms with Gasteiger partial charge < -0.3 is 5.11 Å². The second kappa shape index (κ2) is 5.96. The van der Waals surface area contributed by atoms with Gasteiger partial charge in [-0.05, 0) is 42.2 Å². The highest BCUT2D eigenvalue weighted by atomic mass is 35.5. The van der Waals surface area contributed by atoms with E-state index in [1.807, 2.05) is 44.2 Å². The molecule has 0 amide bonds. The third-order valence-corrected chi connectivity index (χ3v) is 4.31. The third-order valence-electron chi connectivity index (χ3n) is 3.45. The normalized spacial score (nSPS) is 12.5. The lowest BCUT2D eigenvalue weighted by atomic mass is 9.95. The minimum atomic E-state index is -0.573. The van der Waals surface area contributed by atoms with Gasteiger partial charge in [0, 0.05) is 6.42 Å². The zero-order valence-electron chi connectivity index (χ0n) is 11.0. The molecule has 1 unspecified atom stereocenters. The highest BCUT2D eigenvalue weighted by Gasteiger charge is 2.14. The summed E-state index contributed by atoms with van der Waals surface area (Å²) in [7, 11) is 0. The molecular weight excluding hydrogens is 279 g/mol. The van der Waals surface area contributed by atoms with Crippen LogP contribution in [0, 0.1) is 13.8 Å². The van der Waals surface area contributed by atoms with Crippen LogP contribution in [-0.2, 0) is 6.42 Å². The Hall–Kier alpha value is -1.02. The van der Waals surface area contributed by atoms with E-state index < -0.39 is 6.10 Å². The first-order valence-corrected chi connectivity index (χ1v) is 6.93. The van der Waals surface area contributed by atoms with Crippen LogP contribution in [-0.4, -0.2) is 5.11 Å². The molecule has 3 heteroatoms.